The van der Waals surface area contributed by atoms with Crippen LogP contribution in [0, 0.1) is 0 Å². The van der Waals surface area contributed by atoms with E-state index in [1.54, 1.807) is 30.6 Å². The molecular weight excluding hydrogens is 414 g/mol. The van der Waals surface area contributed by atoms with E-state index in [2.05, 4.69) is 19.8 Å². The fourth-order valence-electron chi connectivity index (χ4n) is 4.58. The zero-order chi connectivity index (χ0) is 21.4. The van der Waals surface area contributed by atoms with Crippen LogP contribution in [0.25, 0.3) is 10.9 Å². The number of hydrogen-bond donors (Lipinski definition) is 1. The molecule has 2 aromatic carbocycles. The molecule has 1 N–H and O–H groups in total. The van der Waals surface area contributed by atoms with Gasteiger partial charge in [-0.2, -0.15) is 0 Å². The first-order valence-electron chi connectivity index (χ1n) is 10.5. The summed E-state index contributed by atoms with van der Waals surface area (Å²) in [6, 6.07) is 15.0. The lowest BCUT2D eigenvalue weighted by molar-refractivity contribution is 0.0376. The molecule has 0 aliphatic carbocycles. The van der Waals surface area contributed by atoms with Crippen LogP contribution >= 0.6 is 11.6 Å². The number of nitrogens with zero attached hydrogens (tertiary/aromatic N) is 5. The topological polar surface area (TPSA) is 72.8 Å². The Bertz CT molecular complexity index is 1080. The summed E-state index contributed by atoms with van der Waals surface area (Å²) in [5.74, 6) is 0.890. The number of hydrogen-bond acceptors (Lipinski definition) is 6. The van der Waals surface area contributed by atoms with E-state index in [9.17, 15) is 9.90 Å². The van der Waals surface area contributed by atoms with Crippen molar-refractivity contribution >= 4 is 34.2 Å². The molecule has 8 heteroatoms. The second-order valence-electron chi connectivity index (χ2n) is 8.09. The lowest BCUT2D eigenvalue weighted by atomic mass is 10.1. The van der Waals surface area contributed by atoms with E-state index in [4.69, 9.17) is 11.6 Å². The first-order valence-corrected chi connectivity index (χ1v) is 10.9. The van der Waals surface area contributed by atoms with Crippen molar-refractivity contribution in [2.45, 2.75) is 12.1 Å². The van der Waals surface area contributed by atoms with Gasteiger partial charge in [0.05, 0.1) is 17.7 Å². The predicted octanol–water partition coefficient (Wildman–Crippen LogP) is 2.29. The Balaban J connectivity index is 1.25. The van der Waals surface area contributed by atoms with E-state index < -0.39 is 6.10 Å². The van der Waals surface area contributed by atoms with E-state index in [0.29, 0.717) is 36.8 Å². The normalized spacial score (nSPS) is 22.3. The van der Waals surface area contributed by atoms with Crippen molar-refractivity contribution in [3.05, 3.63) is 65.4 Å². The summed E-state index contributed by atoms with van der Waals surface area (Å²) >= 11 is 5.93. The first kappa shape index (κ1) is 20.2. The number of aliphatic hydroxyl groups is 1. The number of aliphatic hydroxyl groups excluding tert-OH is 1. The summed E-state index contributed by atoms with van der Waals surface area (Å²) in [7, 11) is 0. The number of anilines is 1. The quantitative estimate of drug-likeness (QED) is 0.677. The standard InChI is InChI=1S/C23H24ClN5O2/c24-17-7-5-16(6-8-17)23(31)28-11-9-27(10-12-28)20-13-29(14-21(20)30)22-18-3-1-2-4-19(18)25-15-26-22/h1-8,15,20-21,30H,9-14H2/t20-,21-/m1/s1. The van der Waals surface area contributed by atoms with E-state index in [-0.39, 0.29) is 11.9 Å². The number of para-hydroxylation sites is 1. The minimum absolute atomic E-state index is 0.0153. The third-order valence-corrected chi connectivity index (χ3v) is 6.49. The molecule has 2 saturated heterocycles. The molecule has 2 aliphatic heterocycles. The fraction of sp³-hybridized carbons (Fsp3) is 0.348. The molecule has 31 heavy (non-hydrogen) atoms. The average Bonchev–Trinajstić information content (AvgIpc) is 3.20. The third-order valence-electron chi connectivity index (χ3n) is 6.24. The Kier molecular flexibility index (Phi) is 5.48. The minimum Gasteiger partial charge on any atom is -0.390 e. The molecule has 2 aliphatic rings. The van der Waals surface area contributed by atoms with Gasteiger partial charge in [0.1, 0.15) is 12.1 Å². The molecular formula is C23H24ClN5O2. The van der Waals surface area contributed by atoms with Crippen LogP contribution in [0.1, 0.15) is 10.4 Å². The van der Waals surface area contributed by atoms with Crippen molar-refractivity contribution in [2.75, 3.05) is 44.2 Å². The first-order chi connectivity index (χ1) is 15.1. The Labute approximate surface area is 185 Å². The van der Waals surface area contributed by atoms with Gasteiger partial charge in [-0.15, -0.1) is 0 Å². The molecule has 1 amide bonds. The van der Waals surface area contributed by atoms with Gasteiger partial charge in [0.25, 0.3) is 5.91 Å². The highest BCUT2D eigenvalue weighted by molar-refractivity contribution is 6.30. The Hall–Kier alpha value is -2.74. The van der Waals surface area contributed by atoms with Crippen LogP contribution in [-0.4, -0.2) is 82.2 Å². The van der Waals surface area contributed by atoms with Gasteiger partial charge in [0, 0.05) is 55.2 Å². The number of carbonyl (C=O) groups excluding carboxylic acids is 1. The van der Waals surface area contributed by atoms with Crippen molar-refractivity contribution in [1.82, 2.24) is 19.8 Å². The monoisotopic (exact) mass is 437 g/mol. The molecule has 0 spiro atoms. The molecule has 5 rings (SSSR count). The van der Waals surface area contributed by atoms with Gasteiger partial charge in [0.15, 0.2) is 0 Å². The molecule has 3 heterocycles. The lowest BCUT2D eigenvalue weighted by Gasteiger charge is -2.38. The number of halogens is 1. The number of fused-ring (bicyclic) bond motifs is 1. The largest absolute Gasteiger partial charge is 0.390 e. The Morgan fingerprint density at radius 2 is 1.71 bits per heavy atom. The number of carbonyl (C=O) groups is 1. The molecule has 2 atom stereocenters. The van der Waals surface area contributed by atoms with Gasteiger partial charge >= 0.3 is 0 Å². The van der Waals surface area contributed by atoms with Crippen molar-refractivity contribution in [1.29, 1.82) is 0 Å². The van der Waals surface area contributed by atoms with Crippen LogP contribution in [0.5, 0.6) is 0 Å². The summed E-state index contributed by atoms with van der Waals surface area (Å²) in [6.45, 7) is 3.99. The lowest BCUT2D eigenvalue weighted by Crippen LogP contribution is -2.54. The molecule has 2 fully saturated rings. The molecule has 160 valence electrons. The molecule has 0 saturated carbocycles. The molecule has 7 nitrogen and oxygen atoms in total. The second-order valence-corrected chi connectivity index (χ2v) is 8.53. The Morgan fingerprint density at radius 1 is 0.968 bits per heavy atom. The van der Waals surface area contributed by atoms with E-state index in [1.165, 1.54) is 0 Å². The SMILES string of the molecule is O=C(c1ccc(Cl)cc1)N1CCN([C@@H]2CN(c3ncnc4ccccc34)C[C@H]2O)CC1. The number of β-amino-alcohol motifs (C(OH)–C–C–N with tert-alkyl or cyclic N) is 1. The molecule has 0 unspecified atom stereocenters. The Morgan fingerprint density at radius 3 is 2.48 bits per heavy atom. The highest BCUT2D eigenvalue weighted by Gasteiger charge is 2.38. The second kappa shape index (κ2) is 8.42. The summed E-state index contributed by atoms with van der Waals surface area (Å²) < 4.78 is 0. The van der Waals surface area contributed by atoms with Gasteiger partial charge in [-0.1, -0.05) is 23.7 Å². The van der Waals surface area contributed by atoms with Crippen LogP contribution in [0.15, 0.2) is 54.9 Å². The number of rotatable bonds is 3. The van der Waals surface area contributed by atoms with Gasteiger partial charge < -0.3 is 14.9 Å². The highest BCUT2D eigenvalue weighted by Crippen LogP contribution is 2.28. The summed E-state index contributed by atoms with van der Waals surface area (Å²) in [5, 5.41) is 12.4. The molecule has 0 bridgehead atoms. The molecule has 0 radical (unpaired) electrons. The average molecular weight is 438 g/mol. The zero-order valence-corrected chi connectivity index (χ0v) is 17.8. The van der Waals surface area contributed by atoms with Crippen molar-refractivity contribution in [3.63, 3.8) is 0 Å². The van der Waals surface area contributed by atoms with Crippen LogP contribution in [0.2, 0.25) is 5.02 Å². The van der Waals surface area contributed by atoms with Crippen molar-refractivity contribution in [3.8, 4) is 0 Å². The van der Waals surface area contributed by atoms with Gasteiger partial charge in [0.2, 0.25) is 0 Å². The van der Waals surface area contributed by atoms with Gasteiger partial charge in [-0.05, 0) is 36.4 Å². The predicted molar refractivity (Wildman–Crippen MR) is 120 cm³/mol. The summed E-state index contributed by atoms with van der Waals surface area (Å²) in [6.07, 6.45) is 1.12. The van der Waals surface area contributed by atoms with Crippen molar-refractivity contribution < 1.29 is 9.90 Å². The number of piperazine rings is 1. The maximum Gasteiger partial charge on any atom is 0.253 e. The zero-order valence-electron chi connectivity index (χ0n) is 17.1. The summed E-state index contributed by atoms with van der Waals surface area (Å²) in [5.41, 5.74) is 1.56. The number of aromatic nitrogens is 2. The van der Waals surface area contributed by atoms with Crippen molar-refractivity contribution in [2.24, 2.45) is 0 Å². The maximum atomic E-state index is 12.8. The van der Waals surface area contributed by atoms with Crippen LogP contribution in [-0.2, 0) is 0 Å². The third kappa shape index (κ3) is 3.96. The number of benzene rings is 2. The van der Waals surface area contributed by atoms with Gasteiger partial charge in [-0.3, -0.25) is 9.69 Å². The van der Waals surface area contributed by atoms with E-state index >= 15 is 0 Å². The highest BCUT2D eigenvalue weighted by atomic mass is 35.5. The smallest absolute Gasteiger partial charge is 0.253 e. The summed E-state index contributed by atoms with van der Waals surface area (Å²) in [4.78, 5) is 27.9. The molecule has 3 aromatic rings. The maximum absolute atomic E-state index is 12.8. The van der Waals surface area contributed by atoms with Gasteiger partial charge in [-0.25, -0.2) is 9.97 Å². The number of amides is 1. The molecule has 1 aromatic heterocycles. The van der Waals surface area contributed by atoms with Crippen LogP contribution in [0.4, 0.5) is 5.82 Å². The van der Waals surface area contributed by atoms with Crippen LogP contribution < -0.4 is 4.90 Å². The van der Waals surface area contributed by atoms with E-state index in [1.807, 2.05) is 29.2 Å². The van der Waals surface area contributed by atoms with Crippen LogP contribution in [0.3, 0.4) is 0 Å². The van der Waals surface area contributed by atoms with E-state index in [0.717, 1.165) is 29.8 Å². The fourth-order valence-corrected chi connectivity index (χ4v) is 4.70. The minimum atomic E-state index is -0.466.